The number of Topliss-reactive ketones (excluding diaryl/α,β-unsaturated/α-hetero) is 1. The smallest absolute Gasteiger partial charge is 0.157 e. The number of carbonyl (C=O) groups is 1. The molecule has 134 valence electrons. The van der Waals surface area contributed by atoms with E-state index in [1.54, 1.807) is 12.1 Å². The van der Waals surface area contributed by atoms with Crippen LogP contribution >= 0.6 is 0 Å². The third kappa shape index (κ3) is 5.69. The third-order valence-electron chi connectivity index (χ3n) is 4.00. The third-order valence-corrected chi connectivity index (χ3v) is 4.00. The van der Waals surface area contributed by atoms with Gasteiger partial charge in [-0.05, 0) is 54.7 Å². The Morgan fingerprint density at radius 3 is 1.84 bits per heavy atom. The quantitative estimate of drug-likeness (QED) is 0.468. The van der Waals surface area contributed by atoms with Gasteiger partial charge in [0.15, 0.2) is 23.0 Å². The Balaban J connectivity index is 1.75. The number of benzene rings is 2. The van der Waals surface area contributed by atoms with E-state index in [0.717, 1.165) is 11.1 Å². The van der Waals surface area contributed by atoms with E-state index in [1.807, 2.05) is 0 Å². The molecule has 6 heteroatoms. The van der Waals surface area contributed by atoms with Crippen molar-refractivity contribution in [2.24, 2.45) is 0 Å². The van der Waals surface area contributed by atoms with Gasteiger partial charge in [-0.1, -0.05) is 12.1 Å². The van der Waals surface area contributed by atoms with Crippen LogP contribution in [0.5, 0.6) is 23.0 Å². The van der Waals surface area contributed by atoms with E-state index in [-0.39, 0.29) is 41.6 Å². The highest BCUT2D eigenvalue weighted by Crippen LogP contribution is 2.26. The van der Waals surface area contributed by atoms with Crippen LogP contribution in [0.4, 0.5) is 0 Å². The molecule has 2 rings (SSSR count). The molecule has 0 amide bonds. The molecular formula is C19H22O6. The van der Waals surface area contributed by atoms with Crippen molar-refractivity contribution in [3.05, 3.63) is 47.5 Å². The molecule has 0 bridgehead atoms. The normalized spacial score (nSPS) is 12.0. The van der Waals surface area contributed by atoms with Gasteiger partial charge in [-0.15, -0.1) is 0 Å². The lowest BCUT2D eigenvalue weighted by Gasteiger charge is -2.10. The predicted molar refractivity (Wildman–Crippen MR) is 91.8 cm³/mol. The van der Waals surface area contributed by atoms with Crippen LogP contribution in [0.15, 0.2) is 36.4 Å². The lowest BCUT2D eigenvalue weighted by Crippen LogP contribution is -2.14. The fourth-order valence-corrected chi connectivity index (χ4v) is 2.53. The Labute approximate surface area is 145 Å². The number of hydrogen-bond acceptors (Lipinski definition) is 6. The standard InChI is InChI=1S/C19H22O6/c20-14(5-1-12-3-7-16(22)18(24)9-12)11-15(21)6-2-13-4-8-17(23)19(25)10-13/h3-4,7-10,14,20,22-25H,1-2,5-6,11H2/t14-/m1/s1. The number of carbonyl (C=O) groups excluding carboxylic acids is 1. The lowest BCUT2D eigenvalue weighted by atomic mass is 10.00. The van der Waals surface area contributed by atoms with Gasteiger partial charge in [0.2, 0.25) is 0 Å². The first-order chi connectivity index (χ1) is 11.8. The minimum atomic E-state index is -0.781. The fourth-order valence-electron chi connectivity index (χ4n) is 2.53. The number of aromatic hydroxyl groups is 4. The summed E-state index contributed by atoms with van der Waals surface area (Å²) in [6.45, 7) is 0. The summed E-state index contributed by atoms with van der Waals surface area (Å²) in [7, 11) is 0. The van der Waals surface area contributed by atoms with Crippen molar-refractivity contribution in [3.63, 3.8) is 0 Å². The summed E-state index contributed by atoms with van der Waals surface area (Å²) in [4.78, 5) is 11.9. The summed E-state index contributed by atoms with van der Waals surface area (Å²) < 4.78 is 0. The average molecular weight is 346 g/mol. The second kappa shape index (κ2) is 8.39. The second-order valence-corrected chi connectivity index (χ2v) is 6.08. The summed E-state index contributed by atoms with van der Waals surface area (Å²) in [5.74, 6) is -0.915. The van der Waals surface area contributed by atoms with Crippen LogP contribution in [0.3, 0.4) is 0 Å². The Kier molecular flexibility index (Phi) is 6.25. The first-order valence-electron chi connectivity index (χ1n) is 8.06. The van der Waals surface area contributed by atoms with Gasteiger partial charge in [0.05, 0.1) is 6.10 Å². The molecule has 6 nitrogen and oxygen atoms in total. The number of aliphatic hydroxyl groups excluding tert-OH is 1. The molecule has 0 heterocycles. The number of ketones is 1. The van der Waals surface area contributed by atoms with Crippen molar-refractivity contribution < 1.29 is 30.3 Å². The number of aliphatic hydroxyl groups is 1. The summed E-state index contributed by atoms with van der Waals surface area (Å²) in [6, 6.07) is 8.89. The van der Waals surface area contributed by atoms with Crippen LogP contribution in [0, 0.1) is 0 Å². The van der Waals surface area contributed by atoms with Crippen molar-refractivity contribution in [2.75, 3.05) is 0 Å². The predicted octanol–water partition coefficient (Wildman–Crippen LogP) is 2.39. The average Bonchev–Trinajstić information content (AvgIpc) is 2.57. The van der Waals surface area contributed by atoms with E-state index in [4.69, 9.17) is 0 Å². The molecule has 0 aromatic heterocycles. The lowest BCUT2D eigenvalue weighted by molar-refractivity contribution is -0.121. The van der Waals surface area contributed by atoms with Crippen molar-refractivity contribution in [2.45, 2.75) is 38.2 Å². The zero-order chi connectivity index (χ0) is 18.4. The molecule has 25 heavy (non-hydrogen) atoms. The minimum Gasteiger partial charge on any atom is -0.504 e. The van der Waals surface area contributed by atoms with E-state index in [0.29, 0.717) is 19.3 Å². The zero-order valence-electron chi connectivity index (χ0n) is 13.7. The largest absolute Gasteiger partial charge is 0.504 e. The van der Waals surface area contributed by atoms with E-state index in [9.17, 15) is 30.3 Å². The highest BCUT2D eigenvalue weighted by molar-refractivity contribution is 5.79. The molecule has 0 saturated carbocycles. The number of phenols is 4. The van der Waals surface area contributed by atoms with Crippen LogP contribution < -0.4 is 0 Å². The molecule has 0 aliphatic carbocycles. The molecular weight excluding hydrogens is 324 g/mol. The first kappa shape index (κ1) is 18.6. The highest BCUT2D eigenvalue weighted by atomic mass is 16.3. The van der Waals surface area contributed by atoms with Crippen molar-refractivity contribution in [1.29, 1.82) is 0 Å². The number of aryl methyl sites for hydroxylation is 2. The van der Waals surface area contributed by atoms with Crippen LogP contribution in [0.2, 0.25) is 0 Å². The van der Waals surface area contributed by atoms with Crippen LogP contribution in [-0.4, -0.2) is 37.4 Å². The molecule has 0 saturated heterocycles. The Bertz CT molecular complexity index is 741. The summed E-state index contributed by atoms with van der Waals surface area (Å²) in [5, 5.41) is 47.3. The molecule has 0 aliphatic rings. The van der Waals surface area contributed by atoms with Crippen molar-refractivity contribution in [3.8, 4) is 23.0 Å². The molecule has 0 radical (unpaired) electrons. The Morgan fingerprint density at radius 2 is 1.32 bits per heavy atom. The molecule has 0 aliphatic heterocycles. The Hall–Kier alpha value is -2.73. The summed E-state index contributed by atoms with van der Waals surface area (Å²) in [6.07, 6.45) is 0.765. The fraction of sp³-hybridized carbons (Fsp3) is 0.316. The van der Waals surface area contributed by atoms with E-state index >= 15 is 0 Å². The van der Waals surface area contributed by atoms with Gasteiger partial charge in [0.25, 0.3) is 0 Å². The topological polar surface area (TPSA) is 118 Å². The molecule has 2 aromatic carbocycles. The van der Waals surface area contributed by atoms with Gasteiger partial charge in [0.1, 0.15) is 5.78 Å². The molecule has 0 spiro atoms. The van der Waals surface area contributed by atoms with E-state index in [2.05, 4.69) is 0 Å². The number of rotatable bonds is 8. The van der Waals surface area contributed by atoms with Gasteiger partial charge >= 0.3 is 0 Å². The Morgan fingerprint density at radius 1 is 0.800 bits per heavy atom. The molecule has 1 atom stereocenters. The maximum absolute atomic E-state index is 11.9. The minimum absolute atomic E-state index is 0.0358. The molecule has 0 fully saturated rings. The molecule has 2 aromatic rings. The van der Waals surface area contributed by atoms with E-state index in [1.165, 1.54) is 24.3 Å². The highest BCUT2D eigenvalue weighted by Gasteiger charge is 2.12. The maximum Gasteiger partial charge on any atom is 0.157 e. The SMILES string of the molecule is O=C(CCc1ccc(O)c(O)c1)C[C@H](O)CCc1ccc(O)c(O)c1. The summed E-state index contributed by atoms with van der Waals surface area (Å²) >= 11 is 0. The molecule has 0 unspecified atom stereocenters. The van der Waals surface area contributed by atoms with Crippen molar-refractivity contribution in [1.82, 2.24) is 0 Å². The monoisotopic (exact) mass is 346 g/mol. The zero-order valence-corrected chi connectivity index (χ0v) is 13.7. The molecule has 5 N–H and O–H groups in total. The summed E-state index contributed by atoms with van der Waals surface area (Å²) in [5.41, 5.74) is 1.50. The first-order valence-corrected chi connectivity index (χ1v) is 8.06. The van der Waals surface area contributed by atoms with Crippen LogP contribution in [0.25, 0.3) is 0 Å². The van der Waals surface area contributed by atoms with E-state index < -0.39 is 6.10 Å². The van der Waals surface area contributed by atoms with Crippen LogP contribution in [-0.2, 0) is 17.6 Å². The van der Waals surface area contributed by atoms with Crippen LogP contribution in [0.1, 0.15) is 30.4 Å². The van der Waals surface area contributed by atoms with Gasteiger partial charge in [-0.2, -0.15) is 0 Å². The van der Waals surface area contributed by atoms with Gasteiger partial charge < -0.3 is 25.5 Å². The number of hydrogen-bond donors (Lipinski definition) is 5. The number of phenolic OH excluding ortho intramolecular Hbond substituents is 4. The van der Waals surface area contributed by atoms with Crippen molar-refractivity contribution >= 4 is 5.78 Å². The van der Waals surface area contributed by atoms with Gasteiger partial charge in [0, 0.05) is 12.8 Å². The van der Waals surface area contributed by atoms with Gasteiger partial charge in [-0.3, -0.25) is 4.79 Å². The van der Waals surface area contributed by atoms with Gasteiger partial charge in [-0.25, -0.2) is 0 Å². The second-order valence-electron chi connectivity index (χ2n) is 6.08. The maximum atomic E-state index is 11.9.